The Morgan fingerprint density at radius 2 is 1.77 bits per heavy atom. The molecule has 0 N–H and O–H groups in total. The first-order valence-electron chi connectivity index (χ1n) is 9.59. The van der Waals surface area contributed by atoms with E-state index in [2.05, 4.69) is 44.2 Å². The van der Waals surface area contributed by atoms with E-state index in [4.69, 9.17) is 4.74 Å². The molecular weight excluding hydrogens is 322 g/mol. The fourth-order valence-electron chi connectivity index (χ4n) is 3.60. The van der Waals surface area contributed by atoms with Crippen LogP contribution in [0.25, 0.3) is 0 Å². The summed E-state index contributed by atoms with van der Waals surface area (Å²) in [5, 5.41) is 0. The Balaban J connectivity index is 1.50. The SMILES string of the molecule is Cc1ccc(O[C@H](C)C(=O)N2CCC(Cc3ccccc3)CC2)cc1C. The minimum atomic E-state index is -0.442. The highest BCUT2D eigenvalue weighted by Gasteiger charge is 2.27. The van der Waals surface area contributed by atoms with E-state index in [9.17, 15) is 4.79 Å². The Hall–Kier alpha value is -2.29. The molecule has 1 atom stereocenters. The number of carbonyl (C=O) groups excluding carboxylic acids is 1. The fourth-order valence-corrected chi connectivity index (χ4v) is 3.60. The van der Waals surface area contributed by atoms with Crippen LogP contribution in [0.1, 0.15) is 36.5 Å². The van der Waals surface area contributed by atoms with Gasteiger partial charge in [0.25, 0.3) is 5.91 Å². The zero-order valence-electron chi connectivity index (χ0n) is 16.1. The third-order valence-corrected chi connectivity index (χ3v) is 5.43. The highest BCUT2D eigenvalue weighted by atomic mass is 16.5. The number of rotatable bonds is 5. The number of hydrogen-bond acceptors (Lipinski definition) is 2. The first kappa shape index (κ1) is 18.5. The van der Waals surface area contributed by atoms with Gasteiger partial charge in [0.1, 0.15) is 5.75 Å². The third kappa shape index (κ3) is 4.66. The predicted molar refractivity (Wildman–Crippen MR) is 105 cm³/mol. The van der Waals surface area contributed by atoms with Gasteiger partial charge in [-0.05, 0) is 74.8 Å². The molecule has 0 radical (unpaired) electrons. The smallest absolute Gasteiger partial charge is 0.263 e. The van der Waals surface area contributed by atoms with E-state index in [0.29, 0.717) is 5.92 Å². The molecule has 0 bridgehead atoms. The summed E-state index contributed by atoms with van der Waals surface area (Å²) in [4.78, 5) is 14.7. The van der Waals surface area contributed by atoms with Crippen molar-refractivity contribution < 1.29 is 9.53 Å². The van der Waals surface area contributed by atoms with Gasteiger partial charge >= 0.3 is 0 Å². The van der Waals surface area contributed by atoms with Crippen LogP contribution in [0.2, 0.25) is 0 Å². The third-order valence-electron chi connectivity index (χ3n) is 5.43. The normalized spacial score (nSPS) is 16.3. The van der Waals surface area contributed by atoms with Crippen LogP contribution in [0.4, 0.5) is 0 Å². The van der Waals surface area contributed by atoms with Crippen molar-refractivity contribution in [2.75, 3.05) is 13.1 Å². The molecular formula is C23H29NO2. The molecule has 3 heteroatoms. The lowest BCUT2D eigenvalue weighted by Crippen LogP contribution is -2.45. The van der Waals surface area contributed by atoms with Gasteiger partial charge in [-0.2, -0.15) is 0 Å². The van der Waals surface area contributed by atoms with E-state index in [-0.39, 0.29) is 5.91 Å². The van der Waals surface area contributed by atoms with Crippen LogP contribution < -0.4 is 4.74 Å². The second-order valence-electron chi connectivity index (χ2n) is 7.46. The van der Waals surface area contributed by atoms with Crippen LogP contribution in [0, 0.1) is 19.8 Å². The molecule has 0 aromatic heterocycles. The van der Waals surface area contributed by atoms with Crippen molar-refractivity contribution in [3.05, 3.63) is 65.2 Å². The Morgan fingerprint density at radius 3 is 2.42 bits per heavy atom. The van der Waals surface area contributed by atoms with Gasteiger partial charge in [0.15, 0.2) is 6.10 Å². The maximum absolute atomic E-state index is 12.7. The fraction of sp³-hybridized carbons (Fsp3) is 0.435. The molecule has 1 saturated heterocycles. The summed E-state index contributed by atoms with van der Waals surface area (Å²) in [7, 11) is 0. The summed E-state index contributed by atoms with van der Waals surface area (Å²) < 4.78 is 5.90. The van der Waals surface area contributed by atoms with Crippen molar-refractivity contribution in [3.63, 3.8) is 0 Å². The van der Waals surface area contributed by atoms with Gasteiger partial charge in [0, 0.05) is 13.1 Å². The molecule has 1 heterocycles. The lowest BCUT2D eigenvalue weighted by molar-refractivity contribution is -0.139. The number of ether oxygens (including phenoxy) is 1. The van der Waals surface area contributed by atoms with Crippen molar-refractivity contribution in [3.8, 4) is 5.75 Å². The topological polar surface area (TPSA) is 29.5 Å². The highest BCUT2D eigenvalue weighted by Crippen LogP contribution is 2.23. The van der Waals surface area contributed by atoms with E-state index < -0.39 is 6.10 Å². The summed E-state index contributed by atoms with van der Waals surface area (Å²) in [5.74, 6) is 1.53. The zero-order valence-corrected chi connectivity index (χ0v) is 16.1. The first-order chi connectivity index (χ1) is 12.5. The van der Waals surface area contributed by atoms with Crippen molar-refractivity contribution in [1.29, 1.82) is 0 Å². The van der Waals surface area contributed by atoms with Crippen LogP contribution in [-0.4, -0.2) is 30.0 Å². The Bertz CT molecular complexity index is 733. The van der Waals surface area contributed by atoms with Crippen LogP contribution in [0.3, 0.4) is 0 Å². The van der Waals surface area contributed by atoms with E-state index in [1.54, 1.807) is 0 Å². The molecule has 1 amide bonds. The maximum Gasteiger partial charge on any atom is 0.263 e. The average Bonchev–Trinajstić information content (AvgIpc) is 2.65. The summed E-state index contributed by atoms with van der Waals surface area (Å²) in [6.45, 7) is 7.65. The van der Waals surface area contributed by atoms with Crippen molar-refractivity contribution >= 4 is 5.91 Å². The van der Waals surface area contributed by atoms with Gasteiger partial charge in [-0.15, -0.1) is 0 Å². The molecule has 1 aliphatic heterocycles. The van der Waals surface area contributed by atoms with Crippen LogP contribution in [0.15, 0.2) is 48.5 Å². The number of benzene rings is 2. The number of nitrogens with zero attached hydrogens (tertiary/aromatic N) is 1. The summed E-state index contributed by atoms with van der Waals surface area (Å²) in [5.41, 5.74) is 3.81. The zero-order chi connectivity index (χ0) is 18.5. The molecule has 0 unspecified atom stereocenters. The number of aryl methyl sites for hydroxylation is 2. The van der Waals surface area contributed by atoms with Crippen LogP contribution in [0.5, 0.6) is 5.75 Å². The largest absolute Gasteiger partial charge is 0.481 e. The molecule has 0 saturated carbocycles. The lowest BCUT2D eigenvalue weighted by atomic mass is 9.90. The van der Waals surface area contributed by atoms with Gasteiger partial charge in [0.05, 0.1) is 0 Å². The minimum absolute atomic E-state index is 0.0985. The molecule has 1 fully saturated rings. The van der Waals surface area contributed by atoms with E-state index in [0.717, 1.165) is 38.1 Å². The van der Waals surface area contributed by atoms with Gasteiger partial charge in [0.2, 0.25) is 0 Å². The second-order valence-corrected chi connectivity index (χ2v) is 7.46. The van der Waals surface area contributed by atoms with Crippen LogP contribution >= 0.6 is 0 Å². The monoisotopic (exact) mass is 351 g/mol. The molecule has 0 aliphatic carbocycles. The lowest BCUT2D eigenvalue weighted by Gasteiger charge is -2.33. The van der Waals surface area contributed by atoms with Gasteiger partial charge in [-0.1, -0.05) is 36.4 Å². The highest BCUT2D eigenvalue weighted by molar-refractivity contribution is 5.81. The van der Waals surface area contributed by atoms with Gasteiger partial charge in [-0.25, -0.2) is 0 Å². The molecule has 3 nitrogen and oxygen atoms in total. The average molecular weight is 351 g/mol. The Morgan fingerprint density at radius 1 is 1.08 bits per heavy atom. The van der Waals surface area contributed by atoms with Gasteiger partial charge < -0.3 is 9.64 Å². The molecule has 3 rings (SSSR count). The summed E-state index contributed by atoms with van der Waals surface area (Å²) >= 11 is 0. The maximum atomic E-state index is 12.7. The number of amides is 1. The summed E-state index contributed by atoms with van der Waals surface area (Å²) in [6, 6.07) is 16.6. The summed E-state index contributed by atoms with van der Waals surface area (Å²) in [6.07, 6.45) is 2.80. The molecule has 138 valence electrons. The van der Waals surface area contributed by atoms with Crippen LogP contribution in [-0.2, 0) is 11.2 Å². The Kier molecular flexibility index (Phi) is 5.97. The number of piperidine rings is 1. The first-order valence-corrected chi connectivity index (χ1v) is 9.59. The minimum Gasteiger partial charge on any atom is -0.481 e. The molecule has 2 aromatic rings. The number of hydrogen-bond donors (Lipinski definition) is 0. The molecule has 26 heavy (non-hydrogen) atoms. The molecule has 1 aliphatic rings. The standard InChI is InChI=1S/C23H29NO2/c1-17-9-10-22(15-18(17)2)26-19(3)23(25)24-13-11-21(12-14-24)16-20-7-5-4-6-8-20/h4-10,15,19,21H,11-14,16H2,1-3H3/t19-/m1/s1. The van der Waals surface area contributed by atoms with Crippen molar-refractivity contribution in [2.45, 2.75) is 46.1 Å². The van der Waals surface area contributed by atoms with E-state index in [1.165, 1.54) is 16.7 Å². The second kappa shape index (κ2) is 8.39. The van der Waals surface area contributed by atoms with E-state index in [1.807, 2.05) is 30.0 Å². The van der Waals surface area contributed by atoms with Crippen molar-refractivity contribution in [2.24, 2.45) is 5.92 Å². The Labute approximate surface area is 157 Å². The number of carbonyl (C=O) groups is 1. The molecule has 0 spiro atoms. The number of likely N-dealkylation sites (tertiary alicyclic amines) is 1. The van der Waals surface area contributed by atoms with Crippen molar-refractivity contribution in [1.82, 2.24) is 4.90 Å². The molecule has 2 aromatic carbocycles. The van der Waals surface area contributed by atoms with Gasteiger partial charge in [-0.3, -0.25) is 4.79 Å². The predicted octanol–water partition coefficient (Wildman–Crippen LogP) is 4.55. The van der Waals surface area contributed by atoms with E-state index >= 15 is 0 Å². The quantitative estimate of drug-likeness (QED) is 0.791.